The monoisotopic (exact) mass is 539 g/mol. The summed E-state index contributed by atoms with van der Waals surface area (Å²) in [6.45, 7) is 17.0. The average molecular weight is 540 g/mol. The summed E-state index contributed by atoms with van der Waals surface area (Å²) in [7, 11) is -2.81. The first kappa shape index (κ1) is 28.8. The van der Waals surface area contributed by atoms with E-state index < -0.39 is 52.8 Å². The number of azide groups is 1. The number of fused-ring (bicyclic) bond motifs is 1. The van der Waals surface area contributed by atoms with Gasteiger partial charge in [-0.3, -0.25) is 9.36 Å². The lowest BCUT2D eigenvalue weighted by Crippen LogP contribution is -2.60. The van der Waals surface area contributed by atoms with Crippen molar-refractivity contribution in [3.8, 4) is 0 Å². The molecule has 0 radical (unpaired) electrons. The van der Waals surface area contributed by atoms with Gasteiger partial charge in [-0.2, -0.15) is 0 Å². The molecule has 1 aromatic rings. The zero-order valence-corrected chi connectivity index (χ0v) is 25.1. The Morgan fingerprint density at radius 3 is 1.92 bits per heavy atom. The van der Waals surface area contributed by atoms with Gasteiger partial charge in [-0.15, -0.1) is 0 Å². The lowest BCUT2D eigenvalue weighted by molar-refractivity contribution is 0.00293. The van der Waals surface area contributed by atoms with Crippen molar-refractivity contribution in [2.45, 2.75) is 102 Å². The van der Waals surface area contributed by atoms with Crippen LogP contribution in [0.3, 0.4) is 0 Å². The van der Waals surface area contributed by atoms with E-state index in [1.54, 1.807) is 7.05 Å². The molecule has 0 saturated carbocycles. The first-order valence-electron chi connectivity index (χ1n) is 12.7. The zero-order chi connectivity index (χ0) is 27.2. The molecule has 2 fully saturated rings. The van der Waals surface area contributed by atoms with Gasteiger partial charge in [0.15, 0.2) is 0 Å². The summed E-state index contributed by atoms with van der Waals surface area (Å²) in [5, 5.41) is 3.79. The van der Waals surface area contributed by atoms with Gasteiger partial charge < -0.3 is 22.3 Å². The fraction of sp³-hybridized carbons (Fsp3) is 0.826. The van der Waals surface area contributed by atoms with Crippen molar-refractivity contribution in [3.05, 3.63) is 43.0 Å². The molecule has 1 aromatic heterocycles. The van der Waals surface area contributed by atoms with Crippen molar-refractivity contribution in [1.29, 1.82) is 0 Å². The molecular weight excluding hydrogens is 498 g/mol. The normalized spacial score (nSPS) is 27.4. The maximum atomic E-state index is 13.3. The molecule has 2 aliphatic rings. The van der Waals surface area contributed by atoms with Gasteiger partial charge in [0.25, 0.3) is 5.56 Å². The van der Waals surface area contributed by atoms with Crippen molar-refractivity contribution >= 4 is 17.1 Å². The average Bonchev–Trinajstić information content (AvgIpc) is 3.01. The molecule has 4 atom stereocenters. The second kappa shape index (κ2) is 10.6. The highest BCUT2D eigenvalue weighted by Gasteiger charge is 2.64. The van der Waals surface area contributed by atoms with Gasteiger partial charge in [0.05, 0.1) is 18.2 Å². The van der Waals surface area contributed by atoms with Crippen molar-refractivity contribution in [3.63, 3.8) is 0 Å². The van der Waals surface area contributed by atoms with Crippen molar-refractivity contribution in [2.24, 2.45) is 19.2 Å². The highest BCUT2D eigenvalue weighted by atomic mass is 28.5. The molecule has 0 aliphatic carbocycles. The third kappa shape index (κ3) is 4.66. The topological polar surface area (TPSA) is 130 Å². The maximum Gasteiger partial charge on any atom is 0.335 e. The molecule has 0 bridgehead atoms. The van der Waals surface area contributed by atoms with Gasteiger partial charge in [0, 0.05) is 25.2 Å². The molecule has 13 heteroatoms. The molecule has 36 heavy (non-hydrogen) atoms. The lowest BCUT2D eigenvalue weighted by atomic mass is 10.0. The Balaban J connectivity index is 2.29. The van der Waals surface area contributed by atoms with Gasteiger partial charge in [0.1, 0.15) is 18.3 Å². The van der Waals surface area contributed by atoms with Gasteiger partial charge in [-0.25, -0.2) is 4.79 Å². The van der Waals surface area contributed by atoms with Crippen molar-refractivity contribution < 1.29 is 17.7 Å². The quantitative estimate of drug-likeness (QED) is 0.221. The van der Waals surface area contributed by atoms with Gasteiger partial charge in [-0.1, -0.05) is 60.5 Å². The number of hydrogen-bond acceptors (Lipinski definition) is 7. The Hall–Kier alpha value is -1.74. The number of rotatable bonds is 7. The van der Waals surface area contributed by atoms with E-state index in [-0.39, 0.29) is 28.7 Å². The Morgan fingerprint density at radius 1 is 0.944 bits per heavy atom. The van der Waals surface area contributed by atoms with E-state index in [1.165, 1.54) is 17.8 Å². The summed E-state index contributed by atoms with van der Waals surface area (Å²) < 4.78 is 30.2. The standard InChI is InChI=1S/C23H41N5O6Si2/c1-13(2)35(14(3)4)32-20-18(11-25-26-24)31-19(17-12-27(9)23(30)28(10)22(17)29)21(20)33-36(34-35,15(5)6)16(7)8/h12-16,18-21H,11H2,1-10H3/t18-,19+,20-,21+/m1/s1. The predicted octanol–water partition coefficient (Wildman–Crippen LogP) is 4.16. The second-order valence-corrected chi connectivity index (χ2v) is 20.0. The van der Waals surface area contributed by atoms with Crippen molar-refractivity contribution in [2.75, 3.05) is 6.54 Å². The fourth-order valence-electron chi connectivity index (χ4n) is 5.62. The number of aromatic nitrogens is 2. The van der Waals surface area contributed by atoms with Crippen LogP contribution in [0.2, 0.25) is 22.2 Å². The van der Waals surface area contributed by atoms with Crippen LogP contribution < -0.4 is 11.2 Å². The lowest BCUT2D eigenvalue weighted by Gasteiger charge is -2.46. The number of hydrogen-bond donors (Lipinski definition) is 0. The van der Waals surface area contributed by atoms with Crippen LogP contribution in [0.1, 0.15) is 67.1 Å². The molecule has 3 rings (SSSR count). The molecule has 0 aromatic carbocycles. The zero-order valence-electron chi connectivity index (χ0n) is 23.1. The third-order valence-corrected chi connectivity index (χ3v) is 17.9. The summed E-state index contributed by atoms with van der Waals surface area (Å²) in [6.07, 6.45) is -1.17. The largest absolute Gasteiger partial charge is 0.414 e. The first-order valence-corrected chi connectivity index (χ1v) is 16.7. The minimum atomic E-state index is -2.95. The molecule has 0 N–H and O–H groups in total. The molecule has 11 nitrogen and oxygen atoms in total. The van der Waals surface area contributed by atoms with E-state index in [1.807, 2.05) is 0 Å². The van der Waals surface area contributed by atoms with Crippen LogP contribution >= 0.6 is 0 Å². The third-order valence-electron chi connectivity index (χ3n) is 7.59. The molecule has 202 valence electrons. The Kier molecular flexibility index (Phi) is 8.46. The van der Waals surface area contributed by atoms with E-state index in [2.05, 4.69) is 65.4 Å². The fourth-order valence-corrected chi connectivity index (χ4v) is 16.9. The minimum absolute atomic E-state index is 0.0299. The highest BCUT2D eigenvalue weighted by molar-refractivity contribution is 6.84. The number of aryl methyl sites for hydroxylation is 1. The van der Waals surface area contributed by atoms with Crippen LogP contribution in [0, 0.1) is 0 Å². The molecule has 0 spiro atoms. The Morgan fingerprint density at radius 2 is 1.44 bits per heavy atom. The SMILES string of the molecule is CC(C)[Si]1(C(C)C)O[C@@H]2[C@H](O[Si](C(C)C)(C(C)C)O1)[C@@H](CN=[N+]=[N-])O[C@H]2c1cn(C)c(=O)n(C)c1=O. The van der Waals surface area contributed by atoms with E-state index >= 15 is 0 Å². The summed E-state index contributed by atoms with van der Waals surface area (Å²) in [6, 6.07) is 0. The van der Waals surface area contributed by atoms with E-state index in [0.717, 1.165) is 4.57 Å². The first-order chi connectivity index (χ1) is 16.7. The van der Waals surface area contributed by atoms with Crippen LogP contribution in [0.15, 0.2) is 20.9 Å². The summed E-state index contributed by atoms with van der Waals surface area (Å²) in [5.41, 5.74) is 8.92. The summed E-state index contributed by atoms with van der Waals surface area (Å²) in [4.78, 5) is 28.6. The highest BCUT2D eigenvalue weighted by Crippen LogP contribution is 2.51. The molecule has 0 unspecified atom stereocenters. The Bertz CT molecular complexity index is 1110. The van der Waals surface area contributed by atoms with Crippen LogP contribution in [0.4, 0.5) is 0 Å². The molecule has 2 saturated heterocycles. The Labute approximate surface area is 214 Å². The van der Waals surface area contributed by atoms with E-state index in [4.69, 9.17) is 23.2 Å². The van der Waals surface area contributed by atoms with E-state index in [0.29, 0.717) is 5.56 Å². The van der Waals surface area contributed by atoms with Gasteiger partial charge >= 0.3 is 22.8 Å². The maximum absolute atomic E-state index is 13.3. The molecular formula is C23H41N5O6Si2. The van der Waals surface area contributed by atoms with Crippen LogP contribution in [0.25, 0.3) is 10.4 Å². The number of ether oxygens (including phenoxy) is 1. The van der Waals surface area contributed by atoms with Gasteiger partial charge in [-0.05, 0) is 27.7 Å². The smallest absolute Gasteiger partial charge is 0.335 e. The molecule has 2 aliphatic heterocycles. The van der Waals surface area contributed by atoms with Crippen LogP contribution in [-0.4, -0.2) is 51.1 Å². The molecule has 0 amide bonds. The summed E-state index contributed by atoms with van der Waals surface area (Å²) >= 11 is 0. The molecule has 3 heterocycles. The van der Waals surface area contributed by atoms with Gasteiger partial charge in [0.2, 0.25) is 0 Å². The summed E-state index contributed by atoms with van der Waals surface area (Å²) in [5.74, 6) is 0. The minimum Gasteiger partial charge on any atom is -0.414 e. The van der Waals surface area contributed by atoms with Crippen molar-refractivity contribution in [1.82, 2.24) is 9.13 Å². The van der Waals surface area contributed by atoms with Crippen LogP contribution in [-0.2, 0) is 31.8 Å². The predicted molar refractivity (Wildman–Crippen MR) is 141 cm³/mol. The van der Waals surface area contributed by atoms with Crippen LogP contribution in [0.5, 0.6) is 0 Å². The number of nitrogens with zero attached hydrogens (tertiary/aromatic N) is 5. The second-order valence-electron chi connectivity index (χ2n) is 11.2. The van der Waals surface area contributed by atoms with E-state index in [9.17, 15) is 9.59 Å².